The van der Waals surface area contributed by atoms with Gasteiger partial charge >= 0.3 is 110 Å². The molecule has 0 bridgehead atoms. The van der Waals surface area contributed by atoms with Crippen molar-refractivity contribution >= 4 is 133 Å². The number of non-ortho nitro benzene ring substituents is 2. The number of phenolic OH excluding ortho intramolecular Hbond substituents is 2. The Morgan fingerprint density at radius 3 is 1.52 bits per heavy atom. The number of phenols is 2. The second-order valence-electron chi connectivity index (χ2n) is 15.8. The second-order valence-corrected chi connectivity index (χ2v) is 17.9. The fourth-order valence-corrected chi connectivity index (χ4v) is 8.27. The summed E-state index contributed by atoms with van der Waals surface area (Å²) in [6.45, 7) is 1.57. The molecule has 0 aromatic heterocycles. The largest absolute Gasteiger partial charge is 1.00 e. The Kier molecular flexibility index (Phi) is 23.0. The van der Waals surface area contributed by atoms with E-state index in [1.54, 1.807) is 13.0 Å². The zero-order chi connectivity index (χ0) is 57.6. The van der Waals surface area contributed by atoms with Crippen molar-refractivity contribution in [3.8, 4) is 11.5 Å². The maximum absolute atomic E-state index is 14.2. The van der Waals surface area contributed by atoms with E-state index in [-0.39, 0.29) is 184 Å². The van der Waals surface area contributed by atoms with Crippen molar-refractivity contribution in [2.75, 3.05) is 11.5 Å². The summed E-state index contributed by atoms with van der Waals surface area (Å²) in [6.07, 6.45) is 0. The number of fused-ring (bicyclic) bond motifs is 4. The Balaban J connectivity index is 0.00000123. The second kappa shape index (κ2) is 28.2. The fraction of sp³-hybridized carbons (Fsp3) is 0.0213. The summed E-state index contributed by atoms with van der Waals surface area (Å²) in [5.41, 5.74) is 11.7. The number of hydrogen-bond acceptors (Lipinski definition) is 27. The minimum atomic E-state index is -5.22. The Bertz CT molecular complexity index is 4400. The van der Waals surface area contributed by atoms with E-state index in [0.717, 1.165) is 18.2 Å². The first kappa shape index (κ1) is 66.7. The molecule has 1 aliphatic carbocycles. The first-order valence-electron chi connectivity index (χ1n) is 21.3. The van der Waals surface area contributed by atoms with Crippen LogP contribution in [0.2, 0.25) is 0 Å². The molecule has 8 aromatic carbocycles. The number of carbonyl (C=O) groups is 2. The van der Waals surface area contributed by atoms with E-state index in [1.807, 2.05) is 0 Å². The summed E-state index contributed by atoms with van der Waals surface area (Å²) in [6, 6.07) is 29.2. The van der Waals surface area contributed by atoms with E-state index in [4.69, 9.17) is 36.7 Å². The number of nitro groups is 2. The quantitative estimate of drug-likeness (QED) is 0.0262. The summed E-state index contributed by atoms with van der Waals surface area (Å²) >= 11 is 0. The third-order valence-electron chi connectivity index (χ3n) is 11.0. The van der Waals surface area contributed by atoms with Gasteiger partial charge in [-0.1, -0.05) is 47.2 Å². The summed E-state index contributed by atoms with van der Waals surface area (Å²) in [4.78, 5) is 48.3. The zero-order valence-corrected chi connectivity index (χ0v) is 50.7. The van der Waals surface area contributed by atoms with Crippen molar-refractivity contribution in [2.45, 2.75) is 11.8 Å². The molecular formula is C47H27N12Na3O17S3. The normalized spacial score (nSPS) is 11.6. The van der Waals surface area contributed by atoms with Gasteiger partial charge in [0.25, 0.3) is 5.69 Å². The number of benzene rings is 8. The van der Waals surface area contributed by atoms with E-state index in [2.05, 4.69) is 53.0 Å². The van der Waals surface area contributed by atoms with E-state index in [0.29, 0.717) is 17.0 Å². The molecule has 0 unspecified atom stereocenters. The number of rotatable bonds is 11. The molecule has 9 rings (SSSR count). The number of nitrogen functional groups attached to an aromatic ring is 2. The minimum Gasteiger partial charge on any atom is -0.744 e. The molecule has 82 heavy (non-hydrogen) atoms. The molecular weight excluding hydrogens is 1170 g/mol. The Labute approximate surface area is 529 Å². The van der Waals surface area contributed by atoms with Gasteiger partial charge in [-0.25, -0.2) is 8.42 Å². The molecule has 8 aromatic rings. The van der Waals surface area contributed by atoms with Gasteiger partial charge < -0.3 is 26.2 Å². The fourth-order valence-electron chi connectivity index (χ4n) is 7.64. The van der Waals surface area contributed by atoms with Crippen molar-refractivity contribution in [3.05, 3.63) is 169 Å². The first-order chi connectivity index (χ1) is 37.4. The zero-order valence-electron chi connectivity index (χ0n) is 42.3. The number of nitrogens with zero attached hydrogens (tertiary/aromatic N) is 10. The number of anilines is 2. The van der Waals surface area contributed by atoms with Gasteiger partial charge in [0.15, 0.2) is 23.0 Å². The maximum atomic E-state index is 14.2. The molecule has 0 aliphatic heterocycles. The van der Waals surface area contributed by atoms with E-state index < -0.39 is 80.5 Å². The molecule has 1 aliphatic rings. The summed E-state index contributed by atoms with van der Waals surface area (Å²) < 4.78 is 86.5. The van der Waals surface area contributed by atoms with Gasteiger partial charge in [0, 0.05) is 62.1 Å². The Hall–Kier alpha value is -7.83. The molecule has 398 valence electrons. The molecule has 0 spiro atoms. The number of aromatic hydroxyl groups is 2. The van der Waals surface area contributed by atoms with Gasteiger partial charge in [0.2, 0.25) is 0 Å². The van der Waals surface area contributed by atoms with Crippen LogP contribution >= 0.6 is 0 Å². The molecule has 0 heterocycles. The van der Waals surface area contributed by atoms with Gasteiger partial charge in [0.1, 0.15) is 21.5 Å². The Morgan fingerprint density at radius 2 is 1.01 bits per heavy atom. The van der Waals surface area contributed by atoms with Crippen molar-refractivity contribution in [1.29, 1.82) is 0 Å². The van der Waals surface area contributed by atoms with Crippen LogP contribution in [0, 0.1) is 39.3 Å². The topological polar surface area (TPSA) is 471 Å². The standard InChI is InChI=1S/C47H28N12O11S.3Na.2O3S/c1-22-20-29-33(52-53-34-16-12-25(59(66)67)21-38(34)71(68,69)70)19-15-31(49)40(29)47(63)43(22)57-55-36-7-3-5-28-42(36)45(61)27-4-2-6-35(41(27)44(28)60)54-56-37-17-13-26-32(18-14-30(48)39(26)46(37)62)51-50-23-8-10-24(11-9-23)58(64)65;;;;2*1-4(2)3/h2-8,10-16,18-21,62-63H,48-49H2,1H3,(H,68,69,70);;;;;/q-2;3*+1;;/p-1. The van der Waals surface area contributed by atoms with E-state index >= 15 is 0 Å². The first-order valence-corrected chi connectivity index (χ1v) is 24.8. The average molecular weight is 1200 g/mol. The van der Waals surface area contributed by atoms with Crippen LogP contribution in [0.3, 0.4) is 0 Å². The van der Waals surface area contributed by atoms with E-state index in [1.165, 1.54) is 78.9 Å². The van der Waals surface area contributed by atoms with Gasteiger partial charge in [-0.3, -0.25) is 29.8 Å². The van der Waals surface area contributed by atoms with Gasteiger partial charge in [-0.2, -0.15) is 32.6 Å². The molecule has 0 fully saturated rings. The van der Waals surface area contributed by atoms with Crippen LogP contribution in [0.25, 0.3) is 21.5 Å². The molecule has 0 saturated heterocycles. The number of nitro benzene ring substituents is 2. The number of ketones is 2. The molecule has 35 heteroatoms. The number of azo groups is 4. The van der Waals surface area contributed by atoms with E-state index in [9.17, 15) is 53.0 Å². The number of nitrogens with two attached hydrogens (primary N) is 2. The predicted molar refractivity (Wildman–Crippen MR) is 272 cm³/mol. The predicted octanol–water partition coefficient (Wildman–Crippen LogP) is 0.639. The maximum Gasteiger partial charge on any atom is 1.00 e. The number of carbonyl (C=O) groups excluding carboxylic acids is 2. The number of hydrogen-bond donors (Lipinski definition) is 4. The van der Waals surface area contributed by atoms with Crippen LogP contribution in [0.5, 0.6) is 11.5 Å². The van der Waals surface area contributed by atoms with Gasteiger partial charge in [-0.05, 0) is 66.7 Å². The third kappa shape index (κ3) is 15.0. The monoisotopic (exact) mass is 1200 g/mol. The molecule has 0 amide bonds. The average Bonchev–Trinajstić information content (AvgIpc) is 3.49. The van der Waals surface area contributed by atoms with Crippen LogP contribution < -0.4 is 100 Å². The summed E-state index contributed by atoms with van der Waals surface area (Å²) in [5.74, 6) is -2.11. The number of aryl methyl sites for hydroxylation is 1. The van der Waals surface area contributed by atoms with Gasteiger partial charge in [0.05, 0.1) is 43.4 Å². The molecule has 29 nitrogen and oxygen atoms in total. The SMILES string of the molecule is Cc1cc2c(N=Nc3ccc([N+](=O)[O-])cc3S(=O)(=O)[O-])ccc(N)c2c(O)c1N=Nc1cccc2c1C(=O)c1cccc(N=Nc3[c-]cc4c(N=Nc5[c-]cc([N+](=O)[O-])cc5)ccc(N)c4c3O)c1C2=O.O=S(=O)=O.O=S(=O)=O.[Na+].[Na+].[Na+]. The Morgan fingerprint density at radius 1 is 0.549 bits per heavy atom. The smallest absolute Gasteiger partial charge is 0.744 e. The third-order valence-corrected chi connectivity index (χ3v) is 11.9. The van der Waals surface area contributed by atoms with Crippen molar-refractivity contribution in [2.24, 2.45) is 40.9 Å². The van der Waals surface area contributed by atoms with Crippen molar-refractivity contribution in [1.82, 2.24) is 0 Å². The van der Waals surface area contributed by atoms with Crippen molar-refractivity contribution in [3.63, 3.8) is 0 Å². The van der Waals surface area contributed by atoms with Crippen LogP contribution in [-0.2, 0) is 31.3 Å². The molecule has 0 atom stereocenters. The molecule has 0 saturated carbocycles. The van der Waals surface area contributed by atoms with Gasteiger partial charge in [-0.15, -0.1) is 57.8 Å². The minimum absolute atomic E-state index is 0. The van der Waals surface area contributed by atoms with Crippen LogP contribution in [0.1, 0.15) is 37.4 Å². The molecule has 6 N–H and O–H groups in total. The van der Waals surface area contributed by atoms with Crippen molar-refractivity contribution < 1.29 is 157 Å². The van der Waals surface area contributed by atoms with Crippen LogP contribution in [0.15, 0.2) is 155 Å². The molecule has 0 radical (unpaired) electrons. The summed E-state index contributed by atoms with van der Waals surface area (Å²) in [7, 11) is -11.4. The van der Waals surface area contributed by atoms with Crippen LogP contribution in [0.4, 0.5) is 68.2 Å². The van der Waals surface area contributed by atoms with Crippen LogP contribution in [-0.4, -0.2) is 69.9 Å². The summed E-state index contributed by atoms with van der Waals surface area (Å²) in [5, 5.41) is 79.0.